The predicted octanol–water partition coefficient (Wildman–Crippen LogP) is 5.64. The molecule has 0 spiro atoms. The third kappa shape index (κ3) is 2.99. The number of rotatable bonds is 4. The van der Waals surface area contributed by atoms with Crippen molar-refractivity contribution < 1.29 is 14.7 Å². The number of nitrogens with zero attached hydrogens (tertiary/aromatic N) is 2. The molecule has 0 aliphatic carbocycles. The van der Waals surface area contributed by atoms with Gasteiger partial charge in [-0.15, -0.1) is 11.3 Å². The van der Waals surface area contributed by atoms with Crippen molar-refractivity contribution in [1.82, 2.24) is 4.57 Å². The van der Waals surface area contributed by atoms with E-state index in [0.29, 0.717) is 10.6 Å². The minimum atomic E-state index is -0.731. The highest BCUT2D eigenvalue weighted by Gasteiger charge is 2.45. The molecule has 2 aromatic heterocycles. The van der Waals surface area contributed by atoms with Crippen LogP contribution in [0, 0.1) is 13.8 Å². The van der Waals surface area contributed by atoms with Gasteiger partial charge in [-0.1, -0.05) is 30.3 Å². The lowest BCUT2D eigenvalue weighted by Gasteiger charge is -2.27. The van der Waals surface area contributed by atoms with E-state index in [1.54, 1.807) is 17.0 Å². The lowest BCUT2D eigenvalue weighted by molar-refractivity contribution is -0.117. The van der Waals surface area contributed by atoms with Crippen LogP contribution in [0.5, 0.6) is 0 Å². The number of hydrogen-bond acceptors (Lipinski definition) is 4. The van der Waals surface area contributed by atoms with Crippen LogP contribution in [-0.4, -0.2) is 21.4 Å². The molecular formula is C26H22N2O3S. The second-order valence-electron chi connectivity index (χ2n) is 8.13. The molecule has 0 saturated heterocycles. The number of hydrogen-bond donors (Lipinski definition) is 1. The van der Waals surface area contributed by atoms with Gasteiger partial charge in [-0.3, -0.25) is 14.5 Å². The van der Waals surface area contributed by atoms with Crippen molar-refractivity contribution in [2.45, 2.75) is 19.9 Å². The summed E-state index contributed by atoms with van der Waals surface area (Å²) in [6, 6.07) is 16.4. The number of carbonyl (C=O) groups excluding carboxylic acids is 2. The molecular weight excluding hydrogens is 420 g/mol. The zero-order valence-electron chi connectivity index (χ0n) is 18.0. The number of thiophene rings is 1. The number of amides is 1. The summed E-state index contributed by atoms with van der Waals surface area (Å²) in [5.41, 5.74) is 4.70. The van der Waals surface area contributed by atoms with Gasteiger partial charge in [0.15, 0.2) is 5.76 Å². The summed E-state index contributed by atoms with van der Waals surface area (Å²) in [7, 11) is 1.94. The van der Waals surface area contributed by atoms with Gasteiger partial charge in [0.2, 0.25) is 5.78 Å². The maximum atomic E-state index is 13.5. The zero-order chi connectivity index (χ0) is 22.6. The molecule has 1 N–H and O–H groups in total. The third-order valence-electron chi connectivity index (χ3n) is 6.19. The second-order valence-corrected chi connectivity index (χ2v) is 9.08. The fourth-order valence-electron chi connectivity index (χ4n) is 4.40. The highest BCUT2D eigenvalue weighted by atomic mass is 32.1. The van der Waals surface area contributed by atoms with Crippen LogP contribution < -0.4 is 4.90 Å². The Bertz CT molecular complexity index is 1410. The Morgan fingerprint density at radius 2 is 1.81 bits per heavy atom. The van der Waals surface area contributed by atoms with E-state index in [1.165, 1.54) is 11.3 Å². The second kappa shape index (κ2) is 7.50. The van der Waals surface area contributed by atoms with E-state index in [4.69, 9.17) is 0 Å². The van der Waals surface area contributed by atoms with Gasteiger partial charge < -0.3 is 9.67 Å². The lowest BCUT2D eigenvalue weighted by atomic mass is 9.94. The molecule has 1 unspecified atom stereocenters. The molecule has 2 aromatic carbocycles. The number of para-hydroxylation sites is 1. The average molecular weight is 443 g/mol. The number of aliphatic hydroxyl groups is 1. The number of anilines is 1. The Morgan fingerprint density at radius 3 is 2.53 bits per heavy atom. The number of fused-ring (bicyclic) bond motifs is 1. The molecule has 1 aliphatic heterocycles. The van der Waals surface area contributed by atoms with Crippen LogP contribution in [-0.2, 0) is 11.8 Å². The average Bonchev–Trinajstić information content (AvgIpc) is 3.49. The van der Waals surface area contributed by atoms with Gasteiger partial charge >= 0.3 is 0 Å². The van der Waals surface area contributed by atoms with Gasteiger partial charge in [0, 0.05) is 35.4 Å². The van der Waals surface area contributed by atoms with Gasteiger partial charge in [-0.05, 0) is 54.6 Å². The Balaban J connectivity index is 1.77. The lowest BCUT2D eigenvalue weighted by Crippen LogP contribution is -2.31. The SMILES string of the molecule is Cc1ccc(N2C(=O)C(O)=C(C(=O)c3cccs3)C2c2cn(C)c3ccccc23)cc1C. The van der Waals surface area contributed by atoms with Crippen LogP contribution >= 0.6 is 11.3 Å². The van der Waals surface area contributed by atoms with E-state index < -0.39 is 17.7 Å². The molecule has 1 atom stereocenters. The van der Waals surface area contributed by atoms with E-state index in [-0.39, 0.29) is 11.4 Å². The number of aryl methyl sites for hydroxylation is 3. The van der Waals surface area contributed by atoms with Crippen molar-refractivity contribution in [3.63, 3.8) is 0 Å². The fourth-order valence-corrected chi connectivity index (χ4v) is 5.08. The van der Waals surface area contributed by atoms with E-state index >= 15 is 0 Å². The van der Waals surface area contributed by atoms with Crippen LogP contribution in [0.15, 0.2) is 77.5 Å². The third-order valence-corrected chi connectivity index (χ3v) is 7.06. The van der Waals surface area contributed by atoms with Crippen LogP contribution in [0.3, 0.4) is 0 Å². The summed E-state index contributed by atoms with van der Waals surface area (Å²) in [4.78, 5) is 28.9. The quantitative estimate of drug-likeness (QED) is 0.416. The molecule has 0 fully saturated rings. The van der Waals surface area contributed by atoms with E-state index in [2.05, 4.69) is 0 Å². The van der Waals surface area contributed by atoms with E-state index in [1.807, 2.05) is 79.5 Å². The summed E-state index contributed by atoms with van der Waals surface area (Å²) in [6.45, 7) is 3.99. The fraction of sp³-hybridized carbons (Fsp3) is 0.154. The van der Waals surface area contributed by atoms with Crippen molar-refractivity contribution in [2.75, 3.05) is 4.90 Å². The monoisotopic (exact) mass is 442 g/mol. The normalized spacial score (nSPS) is 16.4. The molecule has 5 rings (SSSR count). The minimum absolute atomic E-state index is 0.118. The van der Waals surface area contributed by atoms with Crippen molar-refractivity contribution >= 4 is 39.6 Å². The first kappa shape index (κ1) is 20.3. The van der Waals surface area contributed by atoms with Gasteiger partial charge in [0.1, 0.15) is 0 Å². The number of benzene rings is 2. The summed E-state index contributed by atoms with van der Waals surface area (Å²) in [5.74, 6) is -1.37. The standard InChI is InChI=1S/C26H22N2O3S/c1-15-10-11-17(13-16(15)2)28-23(19-14-27(3)20-8-5-4-7-18(19)20)22(25(30)26(28)31)24(29)21-9-6-12-32-21/h4-14,23,30H,1-3H3. The first-order valence-corrected chi connectivity index (χ1v) is 11.2. The molecule has 5 nitrogen and oxygen atoms in total. The van der Waals surface area contributed by atoms with E-state index in [0.717, 1.165) is 27.6 Å². The van der Waals surface area contributed by atoms with E-state index in [9.17, 15) is 14.7 Å². The highest BCUT2D eigenvalue weighted by molar-refractivity contribution is 7.12. The number of aliphatic hydroxyl groups excluding tert-OH is 1. The first-order chi connectivity index (χ1) is 15.4. The number of Topliss-reactive ketones (excluding diaryl/α,β-unsaturated/α-hetero) is 1. The van der Waals surface area contributed by atoms with Gasteiger partial charge in [-0.25, -0.2) is 0 Å². The van der Waals surface area contributed by atoms with Gasteiger partial charge in [0.05, 0.1) is 16.5 Å². The molecule has 4 aromatic rings. The molecule has 0 radical (unpaired) electrons. The largest absolute Gasteiger partial charge is 0.503 e. The van der Waals surface area contributed by atoms with Crippen LogP contribution in [0.25, 0.3) is 10.9 Å². The number of ketones is 1. The predicted molar refractivity (Wildman–Crippen MR) is 127 cm³/mol. The number of carbonyl (C=O) groups is 2. The molecule has 160 valence electrons. The minimum Gasteiger partial charge on any atom is -0.503 e. The molecule has 6 heteroatoms. The van der Waals surface area contributed by atoms with Crippen molar-refractivity contribution in [3.8, 4) is 0 Å². The molecule has 1 aliphatic rings. The van der Waals surface area contributed by atoms with Crippen molar-refractivity contribution in [1.29, 1.82) is 0 Å². The Kier molecular flexibility index (Phi) is 4.75. The van der Waals surface area contributed by atoms with Crippen LogP contribution in [0.1, 0.15) is 32.4 Å². The summed E-state index contributed by atoms with van der Waals surface area (Å²) < 4.78 is 1.98. The van der Waals surface area contributed by atoms with Crippen molar-refractivity contribution in [2.24, 2.45) is 7.05 Å². The molecule has 1 amide bonds. The summed E-state index contributed by atoms with van der Waals surface area (Å²) in [6.07, 6.45) is 1.94. The molecule has 3 heterocycles. The number of aromatic nitrogens is 1. The van der Waals surface area contributed by atoms with Crippen molar-refractivity contribution in [3.05, 3.63) is 99.1 Å². The van der Waals surface area contributed by atoms with Gasteiger partial charge in [-0.2, -0.15) is 0 Å². The molecule has 32 heavy (non-hydrogen) atoms. The summed E-state index contributed by atoms with van der Waals surface area (Å²) in [5, 5.41) is 13.7. The highest BCUT2D eigenvalue weighted by Crippen LogP contribution is 2.45. The zero-order valence-corrected chi connectivity index (χ0v) is 18.8. The Hall–Kier alpha value is -3.64. The smallest absolute Gasteiger partial charge is 0.294 e. The topological polar surface area (TPSA) is 62.5 Å². The van der Waals surface area contributed by atoms with Gasteiger partial charge in [0.25, 0.3) is 5.91 Å². The molecule has 0 saturated carbocycles. The Morgan fingerprint density at radius 1 is 1.03 bits per heavy atom. The maximum Gasteiger partial charge on any atom is 0.294 e. The molecule has 0 bridgehead atoms. The Labute approximate surface area is 189 Å². The maximum absolute atomic E-state index is 13.5. The summed E-state index contributed by atoms with van der Waals surface area (Å²) >= 11 is 1.30. The first-order valence-electron chi connectivity index (χ1n) is 10.3. The van der Waals surface area contributed by atoms with Crippen LogP contribution in [0.4, 0.5) is 5.69 Å². The van der Waals surface area contributed by atoms with Crippen LogP contribution in [0.2, 0.25) is 0 Å².